The number of phenolic OH excluding ortho intramolecular Hbond substituents is 2. The fraction of sp³-hybridized carbons (Fsp3) is 0.514. The van der Waals surface area contributed by atoms with E-state index in [1.165, 1.54) is 47.9 Å². The molecule has 0 spiro atoms. The van der Waals surface area contributed by atoms with Gasteiger partial charge in [0.05, 0.1) is 0 Å². The number of fused-ring (bicyclic) bond motifs is 2. The zero-order valence-electron chi connectivity index (χ0n) is 58.8. The average molecular weight is 1380 g/mol. The molecule has 4 aromatic rings. The first-order valence-corrected chi connectivity index (χ1v) is 34.7. The van der Waals surface area contributed by atoms with Gasteiger partial charge in [0.15, 0.2) is 0 Å². The van der Waals surface area contributed by atoms with Gasteiger partial charge in [0.1, 0.15) is 84.0 Å². The summed E-state index contributed by atoms with van der Waals surface area (Å²) in [5, 5.41) is 48.2. The molecule has 0 saturated carbocycles. The largest absolute Gasteiger partial charge is 0.508 e. The molecule has 3 aliphatic heterocycles. The molecule has 3 heterocycles. The summed E-state index contributed by atoms with van der Waals surface area (Å²) in [5.41, 5.74) is 2.32. The SMILES string of the molecule is CC(C)C[C@@H]1NC(=O)[C@H](C)NC(=O)[C@H](C(C)C)NC(=O)[C@@H](Cc2ccc(O)cc2)NC(=O)[C@@H]2CCCN2C(=O)[C@@H](Cc2ccccc2)NC(=O)[C@H](CC(C)C)NC(=O)[C@H](C)NC(=O)[C@H](C(C)C)NC(=O)[C@@H](Cc2ccc(O)cc2)NC(=O)[C@@H]2CCCN2C(=O)[C@@H](Cc2ccccc2)NC1=O. The first kappa shape index (κ1) is 77.5. The second-order valence-corrected chi connectivity index (χ2v) is 28.0. The molecule has 0 radical (unpaired) electrons. The molecule has 3 aliphatic rings. The van der Waals surface area contributed by atoms with Gasteiger partial charge in [0.2, 0.25) is 70.9 Å². The third-order valence-electron chi connectivity index (χ3n) is 18.2. The van der Waals surface area contributed by atoms with Gasteiger partial charge in [-0.15, -0.1) is 0 Å². The summed E-state index contributed by atoms with van der Waals surface area (Å²) in [5.74, 6) is -10.7. The predicted octanol–water partition coefficient (Wildman–Crippen LogP) is 2.66. The molecule has 26 heteroatoms. The van der Waals surface area contributed by atoms with E-state index in [9.17, 15) is 58.2 Å². The normalized spacial score (nSPS) is 25.9. The number of carbonyl (C=O) groups excluding carboxylic acids is 12. The highest BCUT2D eigenvalue weighted by Crippen LogP contribution is 2.24. The van der Waals surface area contributed by atoms with Crippen molar-refractivity contribution < 1.29 is 67.7 Å². The van der Waals surface area contributed by atoms with Crippen LogP contribution in [0.4, 0.5) is 0 Å². The van der Waals surface area contributed by atoms with Gasteiger partial charge < -0.3 is 73.2 Å². The Morgan fingerprint density at radius 1 is 0.340 bits per heavy atom. The second kappa shape index (κ2) is 36.3. The fourth-order valence-electron chi connectivity index (χ4n) is 12.7. The summed E-state index contributed by atoms with van der Waals surface area (Å²) in [4.78, 5) is 179. The van der Waals surface area contributed by atoms with Crippen LogP contribution in [0.25, 0.3) is 0 Å². The number of amides is 12. The van der Waals surface area contributed by atoms with Gasteiger partial charge in [-0.3, -0.25) is 57.5 Å². The highest BCUT2D eigenvalue weighted by atomic mass is 16.3. The number of benzene rings is 4. The van der Waals surface area contributed by atoms with Gasteiger partial charge in [0, 0.05) is 38.8 Å². The molecule has 4 aromatic carbocycles. The summed E-state index contributed by atoms with van der Waals surface area (Å²) < 4.78 is 0. The lowest BCUT2D eigenvalue weighted by Gasteiger charge is -2.32. The Kier molecular flexibility index (Phi) is 28.1. The molecular formula is C74H100N12O14. The van der Waals surface area contributed by atoms with E-state index in [0.717, 1.165) is 0 Å². The molecule has 26 nitrogen and oxygen atoms in total. The summed E-state index contributed by atoms with van der Waals surface area (Å²) >= 11 is 0. The van der Waals surface area contributed by atoms with Gasteiger partial charge in [-0.25, -0.2) is 0 Å². The number of hydrogen-bond donors (Lipinski definition) is 12. The summed E-state index contributed by atoms with van der Waals surface area (Å²) in [6.07, 6.45) is 0.808. The van der Waals surface area contributed by atoms with Gasteiger partial charge in [0.25, 0.3) is 0 Å². The third kappa shape index (κ3) is 22.1. The van der Waals surface area contributed by atoms with E-state index >= 15 is 9.59 Å². The molecule has 3 fully saturated rings. The van der Waals surface area contributed by atoms with Crippen LogP contribution in [0.1, 0.15) is 130 Å². The summed E-state index contributed by atoms with van der Waals surface area (Å²) in [6, 6.07) is 14.0. The van der Waals surface area contributed by atoms with Crippen molar-refractivity contribution in [3.63, 3.8) is 0 Å². The number of nitrogens with zero attached hydrogens (tertiary/aromatic N) is 2. The van der Waals surface area contributed by atoms with E-state index in [1.807, 2.05) is 27.7 Å². The molecule has 0 aromatic heterocycles. The lowest BCUT2D eigenvalue weighted by Crippen LogP contribution is -2.62. The van der Waals surface area contributed by atoms with Crippen molar-refractivity contribution in [2.75, 3.05) is 13.1 Å². The van der Waals surface area contributed by atoms with Crippen LogP contribution in [0.2, 0.25) is 0 Å². The minimum atomic E-state index is -1.39. The van der Waals surface area contributed by atoms with Crippen LogP contribution >= 0.6 is 0 Å². The van der Waals surface area contributed by atoms with Gasteiger partial charge >= 0.3 is 0 Å². The lowest BCUT2D eigenvalue weighted by molar-refractivity contribution is -0.143. The van der Waals surface area contributed by atoms with Crippen LogP contribution in [0.15, 0.2) is 109 Å². The summed E-state index contributed by atoms with van der Waals surface area (Å²) in [6.45, 7) is 16.9. The highest BCUT2D eigenvalue weighted by Gasteiger charge is 2.43. The Morgan fingerprint density at radius 3 is 0.950 bits per heavy atom. The maximum absolute atomic E-state index is 15.1. The van der Waals surface area contributed by atoms with Crippen LogP contribution in [0.3, 0.4) is 0 Å². The Hall–Kier alpha value is -9.88. The number of hydrogen-bond acceptors (Lipinski definition) is 14. The lowest BCUT2D eigenvalue weighted by atomic mass is 9.99. The number of nitrogens with one attached hydrogen (secondary N) is 10. The first-order chi connectivity index (χ1) is 47.5. The number of rotatable bonds is 14. The van der Waals surface area contributed by atoms with Crippen molar-refractivity contribution in [1.82, 2.24) is 63.0 Å². The van der Waals surface area contributed by atoms with E-state index in [1.54, 1.807) is 113 Å². The van der Waals surface area contributed by atoms with E-state index in [-0.39, 0.29) is 87.8 Å². The molecule has 100 heavy (non-hydrogen) atoms. The Bertz CT molecular complexity index is 3290. The standard InChI is InChI=1S/C74H100N12O14/c1-41(2)35-53-65(91)81-57(39-47-19-13-11-14-20-47)73(99)85-33-17-23-59(85)69(95)79-56(38-50-27-31-52(88)32-28-50)68(94)84-62(44(7)8)72(98)76-46(10)64(90)78-54(36-42(3)4)66(92)82-58(40-48-21-15-12-16-22-48)74(100)86-34-18-24-60(86)70(96)80-55(37-49-25-29-51(87)30-26-49)67(93)83-61(43(5)6)71(97)75-45(9)63(89)77-53/h11-16,19-22,25-32,41-46,53-62,87-88H,17-18,23-24,33-40H2,1-10H3,(H,75,97)(H,76,98)(H,77,89)(H,78,90)(H,79,95)(H,80,96)(H,81,91)(H,82,92)(H,83,93)(H,84,94)/t45-,46-,53-,54-,55+,56+,57+,58+,59-,60-,61-,62-/m0/s1. The quantitative estimate of drug-likeness (QED) is 0.0864. The van der Waals surface area contributed by atoms with Crippen LogP contribution in [-0.4, -0.2) is 176 Å². The zero-order chi connectivity index (χ0) is 73.1. The molecular weight excluding hydrogens is 1280 g/mol. The third-order valence-corrected chi connectivity index (χ3v) is 18.2. The van der Waals surface area contributed by atoms with E-state index < -0.39 is 155 Å². The topological polar surface area (TPSA) is 372 Å². The molecule has 540 valence electrons. The molecule has 12 amide bonds. The predicted molar refractivity (Wildman–Crippen MR) is 373 cm³/mol. The minimum absolute atomic E-state index is 0.0418. The average Bonchev–Trinajstić information content (AvgIpc) is 1.67. The molecule has 12 atom stereocenters. The molecule has 7 rings (SSSR count). The van der Waals surface area contributed by atoms with Crippen molar-refractivity contribution in [2.45, 2.75) is 206 Å². The Morgan fingerprint density at radius 2 is 0.630 bits per heavy atom. The maximum atomic E-state index is 15.1. The molecule has 0 unspecified atom stereocenters. The first-order valence-electron chi connectivity index (χ1n) is 34.7. The monoisotopic (exact) mass is 1380 g/mol. The Balaban J connectivity index is 1.25. The molecule has 0 aliphatic carbocycles. The van der Waals surface area contributed by atoms with Crippen molar-refractivity contribution in [2.24, 2.45) is 23.7 Å². The van der Waals surface area contributed by atoms with Crippen molar-refractivity contribution in [3.8, 4) is 11.5 Å². The van der Waals surface area contributed by atoms with Crippen LogP contribution in [0.5, 0.6) is 11.5 Å². The van der Waals surface area contributed by atoms with Gasteiger partial charge in [-0.1, -0.05) is 140 Å². The van der Waals surface area contributed by atoms with Crippen molar-refractivity contribution in [1.29, 1.82) is 0 Å². The number of carbonyl (C=O) groups is 12. The summed E-state index contributed by atoms with van der Waals surface area (Å²) in [7, 11) is 0. The zero-order valence-corrected chi connectivity index (χ0v) is 58.8. The van der Waals surface area contributed by atoms with Crippen LogP contribution in [-0.2, 0) is 83.2 Å². The molecule has 0 bridgehead atoms. The molecule has 3 saturated heterocycles. The van der Waals surface area contributed by atoms with Gasteiger partial charge in [-0.2, -0.15) is 0 Å². The second-order valence-electron chi connectivity index (χ2n) is 28.0. The fourth-order valence-corrected chi connectivity index (χ4v) is 12.7. The van der Waals surface area contributed by atoms with E-state index in [4.69, 9.17) is 0 Å². The van der Waals surface area contributed by atoms with E-state index in [2.05, 4.69) is 53.2 Å². The minimum Gasteiger partial charge on any atom is -0.508 e. The smallest absolute Gasteiger partial charge is 0.246 e. The van der Waals surface area contributed by atoms with Crippen molar-refractivity contribution in [3.05, 3.63) is 131 Å². The highest BCUT2D eigenvalue weighted by molar-refractivity contribution is 6.00. The van der Waals surface area contributed by atoms with Crippen LogP contribution < -0.4 is 53.2 Å². The Labute approximate surface area is 584 Å². The van der Waals surface area contributed by atoms with Gasteiger partial charge in [-0.05, 0) is 123 Å². The number of aromatic hydroxyl groups is 2. The number of phenols is 2. The van der Waals surface area contributed by atoms with Crippen molar-refractivity contribution >= 4 is 70.9 Å². The van der Waals surface area contributed by atoms with Crippen LogP contribution in [0, 0.1) is 23.7 Å². The molecule has 12 N–H and O–H groups in total. The maximum Gasteiger partial charge on any atom is 0.246 e. The van der Waals surface area contributed by atoms with E-state index in [0.29, 0.717) is 35.1 Å².